The van der Waals surface area contributed by atoms with Crippen LogP contribution >= 0.6 is 0 Å². The van der Waals surface area contributed by atoms with Gasteiger partial charge in [0.25, 0.3) is 0 Å². The van der Waals surface area contributed by atoms with Crippen LogP contribution in [0.2, 0.25) is 0 Å². The van der Waals surface area contributed by atoms with Crippen molar-refractivity contribution in [2.75, 3.05) is 0 Å². The monoisotopic (exact) mass is 194 g/mol. The Labute approximate surface area is 87.6 Å². The second kappa shape index (κ2) is 5.33. The molecule has 0 N–H and O–H groups in total. The van der Waals surface area contributed by atoms with Gasteiger partial charge in [-0.15, -0.1) is 0 Å². The van der Waals surface area contributed by atoms with Crippen LogP contribution in [0.3, 0.4) is 0 Å². The van der Waals surface area contributed by atoms with Crippen molar-refractivity contribution >= 4 is 5.78 Å². The molecule has 0 aliphatic heterocycles. The normalized spacial score (nSPS) is 20.4. The first-order chi connectivity index (χ1) is 6.61. The van der Waals surface area contributed by atoms with Crippen LogP contribution in [0.15, 0.2) is 12.2 Å². The maximum Gasteiger partial charge on any atom is 0.160 e. The minimum atomic E-state index is 0.190. The van der Waals surface area contributed by atoms with Gasteiger partial charge in [-0.3, -0.25) is 4.79 Å². The molecule has 1 saturated carbocycles. The molecular weight excluding hydrogens is 172 g/mol. The van der Waals surface area contributed by atoms with Crippen LogP contribution in [0.1, 0.15) is 52.4 Å². The number of carbonyl (C=O) groups is 1. The Morgan fingerprint density at radius 3 is 2.43 bits per heavy atom. The highest BCUT2D eigenvalue weighted by molar-refractivity contribution is 5.95. The summed E-state index contributed by atoms with van der Waals surface area (Å²) >= 11 is 0. The molecule has 1 aliphatic carbocycles. The predicted octanol–water partition coefficient (Wildman–Crippen LogP) is 3.74. The van der Waals surface area contributed by atoms with Crippen LogP contribution in [0.4, 0.5) is 0 Å². The average Bonchev–Trinajstić information content (AvgIpc) is 2.18. The van der Waals surface area contributed by atoms with E-state index in [9.17, 15) is 4.79 Å². The second-order valence-corrected chi connectivity index (χ2v) is 4.79. The standard InChI is InChI=1S/C13H22O/c1-10(2)13(14)11(3)9-12-7-5-4-6-8-12/h11-12H,1,4-9H2,2-3H3/t11-/m0/s1. The van der Waals surface area contributed by atoms with Crippen LogP contribution in [0.5, 0.6) is 0 Å². The molecule has 1 nitrogen and oxygen atoms in total. The third kappa shape index (κ3) is 3.28. The third-order valence-electron chi connectivity index (χ3n) is 3.28. The Morgan fingerprint density at radius 1 is 1.36 bits per heavy atom. The zero-order valence-corrected chi connectivity index (χ0v) is 9.51. The minimum absolute atomic E-state index is 0.190. The summed E-state index contributed by atoms with van der Waals surface area (Å²) in [6.45, 7) is 7.59. The van der Waals surface area contributed by atoms with E-state index in [0.717, 1.165) is 12.3 Å². The number of Topliss-reactive ketones (excluding diaryl/α,β-unsaturated/α-hetero) is 1. The van der Waals surface area contributed by atoms with Crippen LogP contribution in [-0.2, 0) is 4.79 Å². The third-order valence-corrected chi connectivity index (χ3v) is 3.28. The lowest BCUT2D eigenvalue weighted by atomic mass is 9.81. The van der Waals surface area contributed by atoms with Gasteiger partial charge in [-0.2, -0.15) is 0 Å². The summed E-state index contributed by atoms with van der Waals surface area (Å²) in [6, 6.07) is 0. The number of hydrogen-bond acceptors (Lipinski definition) is 1. The molecule has 0 aromatic rings. The first-order valence-electron chi connectivity index (χ1n) is 5.81. The largest absolute Gasteiger partial charge is 0.294 e. The van der Waals surface area contributed by atoms with Crippen molar-refractivity contribution in [3.8, 4) is 0 Å². The Kier molecular flexibility index (Phi) is 4.37. The molecule has 0 bridgehead atoms. The first kappa shape index (κ1) is 11.5. The smallest absolute Gasteiger partial charge is 0.160 e. The Balaban J connectivity index is 2.35. The van der Waals surface area contributed by atoms with Gasteiger partial charge in [0.15, 0.2) is 5.78 Å². The Morgan fingerprint density at radius 2 is 1.93 bits per heavy atom. The lowest BCUT2D eigenvalue weighted by Crippen LogP contribution is -2.17. The van der Waals surface area contributed by atoms with Gasteiger partial charge in [0.1, 0.15) is 0 Å². The Bertz CT molecular complexity index is 211. The molecule has 0 unspecified atom stereocenters. The maximum absolute atomic E-state index is 11.6. The molecule has 0 radical (unpaired) electrons. The van der Waals surface area contributed by atoms with Gasteiger partial charge in [0.05, 0.1) is 0 Å². The van der Waals surface area contributed by atoms with E-state index in [-0.39, 0.29) is 11.7 Å². The van der Waals surface area contributed by atoms with Crippen molar-refractivity contribution in [3.05, 3.63) is 12.2 Å². The van der Waals surface area contributed by atoms with E-state index < -0.39 is 0 Å². The van der Waals surface area contributed by atoms with Gasteiger partial charge in [-0.25, -0.2) is 0 Å². The summed E-state index contributed by atoms with van der Waals surface area (Å²) in [4.78, 5) is 11.6. The molecule has 1 fully saturated rings. The number of carbonyl (C=O) groups excluding carboxylic acids is 1. The zero-order chi connectivity index (χ0) is 10.6. The van der Waals surface area contributed by atoms with Crippen molar-refractivity contribution in [2.24, 2.45) is 11.8 Å². The molecule has 14 heavy (non-hydrogen) atoms. The highest BCUT2D eigenvalue weighted by Gasteiger charge is 2.20. The zero-order valence-electron chi connectivity index (χ0n) is 9.51. The van der Waals surface area contributed by atoms with Crippen molar-refractivity contribution in [3.63, 3.8) is 0 Å². The van der Waals surface area contributed by atoms with Gasteiger partial charge in [-0.05, 0) is 24.8 Å². The molecule has 0 aromatic heterocycles. The van der Waals surface area contributed by atoms with Crippen LogP contribution < -0.4 is 0 Å². The van der Waals surface area contributed by atoms with E-state index in [1.807, 2.05) is 13.8 Å². The second-order valence-electron chi connectivity index (χ2n) is 4.79. The lowest BCUT2D eigenvalue weighted by Gasteiger charge is -2.24. The summed E-state index contributed by atoms with van der Waals surface area (Å²) in [6.07, 6.45) is 7.84. The first-order valence-corrected chi connectivity index (χ1v) is 5.81. The van der Waals surface area contributed by atoms with Gasteiger partial charge >= 0.3 is 0 Å². The molecule has 0 amide bonds. The van der Waals surface area contributed by atoms with E-state index in [0.29, 0.717) is 5.57 Å². The predicted molar refractivity (Wildman–Crippen MR) is 60.2 cm³/mol. The summed E-state index contributed by atoms with van der Waals surface area (Å²) in [5, 5.41) is 0. The van der Waals surface area contributed by atoms with Crippen LogP contribution in [0, 0.1) is 11.8 Å². The van der Waals surface area contributed by atoms with E-state index in [2.05, 4.69) is 6.58 Å². The molecule has 0 aromatic carbocycles. The minimum Gasteiger partial charge on any atom is -0.294 e. The molecular formula is C13H22O. The number of rotatable bonds is 4. The molecule has 0 heterocycles. The quantitative estimate of drug-likeness (QED) is 0.623. The fraction of sp³-hybridized carbons (Fsp3) is 0.769. The fourth-order valence-corrected chi connectivity index (χ4v) is 2.45. The average molecular weight is 194 g/mol. The number of ketones is 1. The van der Waals surface area contributed by atoms with Crippen LogP contribution in [0.25, 0.3) is 0 Å². The van der Waals surface area contributed by atoms with E-state index >= 15 is 0 Å². The van der Waals surface area contributed by atoms with E-state index in [1.54, 1.807) is 0 Å². The van der Waals surface area contributed by atoms with E-state index in [1.165, 1.54) is 32.1 Å². The highest BCUT2D eigenvalue weighted by atomic mass is 16.1. The molecule has 0 spiro atoms. The van der Waals surface area contributed by atoms with Gasteiger partial charge in [0, 0.05) is 5.92 Å². The van der Waals surface area contributed by atoms with Crippen molar-refractivity contribution in [1.82, 2.24) is 0 Å². The Hall–Kier alpha value is -0.590. The molecule has 1 atom stereocenters. The summed E-state index contributed by atoms with van der Waals surface area (Å²) in [5.41, 5.74) is 0.716. The topological polar surface area (TPSA) is 17.1 Å². The summed E-state index contributed by atoms with van der Waals surface area (Å²) in [7, 11) is 0. The lowest BCUT2D eigenvalue weighted by molar-refractivity contribution is -0.119. The van der Waals surface area contributed by atoms with Crippen molar-refractivity contribution in [2.45, 2.75) is 52.4 Å². The maximum atomic E-state index is 11.6. The number of hydrogen-bond donors (Lipinski definition) is 0. The summed E-state index contributed by atoms with van der Waals surface area (Å²) in [5.74, 6) is 1.24. The molecule has 1 heteroatoms. The molecule has 80 valence electrons. The van der Waals surface area contributed by atoms with Gasteiger partial charge in [-0.1, -0.05) is 45.6 Å². The van der Waals surface area contributed by atoms with E-state index in [4.69, 9.17) is 0 Å². The molecule has 0 saturated heterocycles. The summed E-state index contributed by atoms with van der Waals surface area (Å²) < 4.78 is 0. The highest BCUT2D eigenvalue weighted by Crippen LogP contribution is 2.29. The molecule has 1 rings (SSSR count). The van der Waals surface area contributed by atoms with Gasteiger partial charge in [0.2, 0.25) is 0 Å². The van der Waals surface area contributed by atoms with Crippen LogP contribution in [-0.4, -0.2) is 5.78 Å². The van der Waals surface area contributed by atoms with Crippen molar-refractivity contribution in [1.29, 1.82) is 0 Å². The fourth-order valence-electron chi connectivity index (χ4n) is 2.45. The SMILES string of the molecule is C=C(C)C(=O)[C@@H](C)CC1CCCCC1. The van der Waals surface area contributed by atoms with Crippen molar-refractivity contribution < 1.29 is 4.79 Å². The number of allylic oxidation sites excluding steroid dienone is 1. The molecule has 1 aliphatic rings. The van der Waals surface area contributed by atoms with Gasteiger partial charge < -0.3 is 0 Å².